The first-order valence-electron chi connectivity index (χ1n) is 5.13. The third-order valence-electron chi connectivity index (χ3n) is 2.37. The highest BCUT2D eigenvalue weighted by molar-refractivity contribution is 5.96. The van der Waals surface area contributed by atoms with Gasteiger partial charge in [0.05, 0.1) is 5.69 Å². The number of carbonyl (C=O) groups is 2. The van der Waals surface area contributed by atoms with Crippen molar-refractivity contribution >= 4 is 17.5 Å². The van der Waals surface area contributed by atoms with Crippen LogP contribution in [0.2, 0.25) is 0 Å². The van der Waals surface area contributed by atoms with Crippen LogP contribution in [0.1, 0.15) is 16.2 Å². The van der Waals surface area contributed by atoms with Gasteiger partial charge in [0.15, 0.2) is 0 Å². The van der Waals surface area contributed by atoms with E-state index in [-0.39, 0.29) is 5.69 Å². The average Bonchev–Trinajstić information content (AvgIpc) is 2.61. The van der Waals surface area contributed by atoms with Crippen LogP contribution in [0.3, 0.4) is 0 Å². The molecule has 0 aliphatic carbocycles. The lowest BCUT2D eigenvalue weighted by atomic mass is 10.3. The van der Waals surface area contributed by atoms with E-state index in [2.05, 4.69) is 10.3 Å². The number of aromatic nitrogens is 2. The van der Waals surface area contributed by atoms with E-state index < -0.39 is 24.2 Å². The molecule has 2 aromatic rings. The Morgan fingerprint density at radius 3 is 2.89 bits per heavy atom. The first kappa shape index (κ1) is 12.0. The third kappa shape index (κ3) is 2.15. The molecule has 18 heavy (non-hydrogen) atoms. The number of imidazole rings is 1. The fraction of sp³-hybridized carbons (Fsp3) is 0.182. The predicted octanol–water partition coefficient (Wildman–Crippen LogP) is 0.596. The number of fused-ring (bicyclic) bond motifs is 1. The predicted molar refractivity (Wildman–Crippen MR) is 59.9 cm³/mol. The summed E-state index contributed by atoms with van der Waals surface area (Å²) in [7, 11) is 0. The maximum atomic E-state index is 13.1. The monoisotopic (exact) mass is 251 g/mol. The molecule has 0 unspecified atom stereocenters. The van der Waals surface area contributed by atoms with Crippen molar-refractivity contribution in [3.63, 3.8) is 0 Å². The van der Waals surface area contributed by atoms with Crippen molar-refractivity contribution in [3.8, 4) is 0 Å². The molecule has 6 nitrogen and oxygen atoms in total. The highest BCUT2D eigenvalue weighted by Crippen LogP contribution is 2.12. The highest BCUT2D eigenvalue weighted by Gasteiger charge is 2.17. The quantitative estimate of drug-likeness (QED) is 0.836. The minimum absolute atomic E-state index is 0.130. The van der Waals surface area contributed by atoms with Crippen LogP contribution in [0.25, 0.3) is 5.65 Å². The lowest BCUT2D eigenvalue weighted by molar-refractivity contribution is -0.135. The molecule has 2 rings (SSSR count). The van der Waals surface area contributed by atoms with E-state index in [9.17, 15) is 14.0 Å². The summed E-state index contributed by atoms with van der Waals surface area (Å²) in [5.74, 6) is -2.26. The van der Waals surface area contributed by atoms with Crippen molar-refractivity contribution in [2.24, 2.45) is 0 Å². The SMILES string of the molecule is Cc1nc2ccc(F)cn2c1C(=O)NCC(=O)O. The van der Waals surface area contributed by atoms with Gasteiger partial charge >= 0.3 is 5.97 Å². The molecule has 0 spiro atoms. The second-order valence-corrected chi connectivity index (χ2v) is 3.70. The Hall–Kier alpha value is -2.44. The molecule has 0 aliphatic heterocycles. The van der Waals surface area contributed by atoms with E-state index in [1.54, 1.807) is 6.92 Å². The van der Waals surface area contributed by atoms with Gasteiger partial charge < -0.3 is 10.4 Å². The van der Waals surface area contributed by atoms with Gasteiger partial charge in [0, 0.05) is 6.20 Å². The Morgan fingerprint density at radius 2 is 2.22 bits per heavy atom. The Kier molecular flexibility index (Phi) is 2.97. The second kappa shape index (κ2) is 4.44. The number of carboxylic acid groups (broad SMARTS) is 1. The molecule has 0 radical (unpaired) electrons. The van der Waals surface area contributed by atoms with Gasteiger partial charge in [0.1, 0.15) is 23.7 Å². The minimum atomic E-state index is -1.15. The third-order valence-corrected chi connectivity index (χ3v) is 2.37. The zero-order valence-corrected chi connectivity index (χ0v) is 9.48. The Balaban J connectivity index is 2.43. The van der Waals surface area contributed by atoms with Crippen molar-refractivity contribution in [2.75, 3.05) is 6.54 Å². The summed E-state index contributed by atoms with van der Waals surface area (Å²) in [5, 5.41) is 10.7. The van der Waals surface area contributed by atoms with Crippen molar-refractivity contribution in [1.29, 1.82) is 0 Å². The number of halogens is 1. The second-order valence-electron chi connectivity index (χ2n) is 3.70. The zero-order chi connectivity index (χ0) is 13.3. The van der Waals surface area contributed by atoms with Gasteiger partial charge in [-0.05, 0) is 19.1 Å². The van der Waals surface area contributed by atoms with E-state index in [0.717, 1.165) is 6.20 Å². The fourth-order valence-corrected chi connectivity index (χ4v) is 1.65. The summed E-state index contributed by atoms with van der Waals surface area (Å²) in [5.41, 5.74) is 0.962. The van der Waals surface area contributed by atoms with Gasteiger partial charge in [-0.3, -0.25) is 14.0 Å². The van der Waals surface area contributed by atoms with Crippen LogP contribution in [0.15, 0.2) is 18.3 Å². The summed E-state index contributed by atoms with van der Waals surface area (Å²) in [6.07, 6.45) is 1.13. The van der Waals surface area contributed by atoms with Crippen LogP contribution in [-0.2, 0) is 4.79 Å². The van der Waals surface area contributed by atoms with Gasteiger partial charge in [0.25, 0.3) is 5.91 Å². The molecule has 2 aromatic heterocycles. The van der Waals surface area contributed by atoms with Gasteiger partial charge in [-0.2, -0.15) is 0 Å². The van der Waals surface area contributed by atoms with Gasteiger partial charge in [-0.25, -0.2) is 9.37 Å². The summed E-state index contributed by atoms with van der Waals surface area (Å²) in [4.78, 5) is 26.3. The lowest BCUT2D eigenvalue weighted by Gasteiger charge is -2.03. The standard InChI is InChI=1S/C11H10FN3O3/c1-6-10(11(18)13-4-9(16)17)15-5-7(12)2-3-8(15)14-6/h2-3,5H,4H2,1H3,(H,13,18)(H,16,17). The molecule has 0 bridgehead atoms. The van der Waals surface area contributed by atoms with Crippen molar-refractivity contribution < 1.29 is 19.1 Å². The van der Waals surface area contributed by atoms with Crippen molar-refractivity contribution in [1.82, 2.24) is 14.7 Å². The number of hydrogen-bond donors (Lipinski definition) is 2. The van der Waals surface area contributed by atoms with Gasteiger partial charge in [-0.15, -0.1) is 0 Å². The largest absolute Gasteiger partial charge is 0.480 e. The molecular weight excluding hydrogens is 241 g/mol. The Bertz CT molecular complexity index is 636. The number of nitrogens with one attached hydrogen (secondary N) is 1. The van der Waals surface area contributed by atoms with Gasteiger partial charge in [-0.1, -0.05) is 0 Å². The number of carbonyl (C=O) groups excluding carboxylic acids is 1. The first-order chi connectivity index (χ1) is 8.49. The number of aryl methyl sites for hydroxylation is 1. The van der Waals surface area contributed by atoms with Crippen molar-refractivity contribution in [3.05, 3.63) is 35.5 Å². The molecule has 94 valence electrons. The molecule has 2 N–H and O–H groups in total. The molecule has 0 aliphatic rings. The highest BCUT2D eigenvalue weighted by atomic mass is 19.1. The number of aliphatic carboxylic acids is 1. The Labute approximate surface area is 101 Å². The number of nitrogens with zero attached hydrogens (tertiary/aromatic N) is 2. The number of amides is 1. The molecular formula is C11H10FN3O3. The molecule has 7 heteroatoms. The van der Waals surface area contributed by atoms with Crippen LogP contribution < -0.4 is 5.32 Å². The Morgan fingerprint density at radius 1 is 1.50 bits per heavy atom. The fourth-order valence-electron chi connectivity index (χ4n) is 1.65. The maximum Gasteiger partial charge on any atom is 0.322 e. The molecule has 0 saturated carbocycles. The average molecular weight is 251 g/mol. The van der Waals surface area contributed by atoms with Crippen LogP contribution in [0.4, 0.5) is 4.39 Å². The molecule has 0 atom stereocenters. The summed E-state index contributed by atoms with van der Waals surface area (Å²) in [6, 6.07) is 2.68. The molecule has 1 amide bonds. The van der Waals surface area contributed by atoms with Crippen LogP contribution >= 0.6 is 0 Å². The van der Waals surface area contributed by atoms with E-state index in [1.165, 1.54) is 16.5 Å². The van der Waals surface area contributed by atoms with Crippen LogP contribution in [0, 0.1) is 12.7 Å². The molecule has 0 aromatic carbocycles. The number of rotatable bonds is 3. The van der Waals surface area contributed by atoms with Crippen LogP contribution in [-0.4, -0.2) is 32.9 Å². The number of carboxylic acids is 1. The number of hydrogen-bond acceptors (Lipinski definition) is 3. The van der Waals surface area contributed by atoms with Crippen molar-refractivity contribution in [2.45, 2.75) is 6.92 Å². The van der Waals surface area contributed by atoms with E-state index in [4.69, 9.17) is 5.11 Å². The summed E-state index contributed by atoms with van der Waals surface area (Å²) in [6.45, 7) is 1.10. The maximum absolute atomic E-state index is 13.1. The molecule has 0 fully saturated rings. The molecule has 2 heterocycles. The van der Waals surface area contributed by atoms with E-state index in [0.29, 0.717) is 11.3 Å². The van der Waals surface area contributed by atoms with Crippen LogP contribution in [0.5, 0.6) is 0 Å². The van der Waals surface area contributed by atoms with E-state index >= 15 is 0 Å². The van der Waals surface area contributed by atoms with Gasteiger partial charge in [0.2, 0.25) is 0 Å². The molecule has 0 saturated heterocycles. The summed E-state index contributed by atoms with van der Waals surface area (Å²) >= 11 is 0. The summed E-state index contributed by atoms with van der Waals surface area (Å²) < 4.78 is 14.4. The topological polar surface area (TPSA) is 83.7 Å². The van der Waals surface area contributed by atoms with E-state index in [1.807, 2.05) is 0 Å². The number of pyridine rings is 1. The smallest absolute Gasteiger partial charge is 0.322 e. The normalized spacial score (nSPS) is 10.6. The lowest BCUT2D eigenvalue weighted by Crippen LogP contribution is -2.30. The first-order valence-corrected chi connectivity index (χ1v) is 5.13. The minimum Gasteiger partial charge on any atom is -0.480 e. The zero-order valence-electron chi connectivity index (χ0n) is 9.48.